The largest absolute Gasteiger partial charge is 0.506 e. The van der Waals surface area contributed by atoms with Crippen molar-refractivity contribution < 1.29 is 9.90 Å². The average Bonchev–Trinajstić information content (AvgIpc) is 2.57. The molecule has 0 aliphatic rings. The Morgan fingerprint density at radius 1 is 1.17 bits per heavy atom. The van der Waals surface area contributed by atoms with Gasteiger partial charge in [0.15, 0.2) is 0 Å². The minimum absolute atomic E-state index is 0.0128. The van der Waals surface area contributed by atoms with Crippen LogP contribution in [-0.4, -0.2) is 11.0 Å². The van der Waals surface area contributed by atoms with E-state index in [1.807, 2.05) is 13.0 Å². The van der Waals surface area contributed by atoms with Crippen LogP contribution in [0.5, 0.6) is 5.75 Å². The number of aromatic hydroxyl groups is 1. The number of hydrogen-bond acceptors (Lipinski definition) is 5. The number of para-hydroxylation sites is 1. The molecule has 3 N–H and O–H groups in total. The van der Waals surface area contributed by atoms with E-state index in [0.29, 0.717) is 16.9 Å². The Kier molecular flexibility index (Phi) is 5.17. The molecule has 2 rings (SSSR count). The predicted octanol–water partition coefficient (Wildman–Crippen LogP) is 3.03. The van der Waals surface area contributed by atoms with Gasteiger partial charge in [-0.3, -0.25) is 4.79 Å². The fraction of sp³-hybridized carbons (Fsp3) is 0.0556. The number of phenolic OH excluding ortho intramolecular Hbond substituents is 1. The fourth-order valence-corrected chi connectivity index (χ4v) is 1.94. The van der Waals surface area contributed by atoms with Crippen LogP contribution in [0.15, 0.2) is 54.2 Å². The van der Waals surface area contributed by atoms with E-state index in [1.54, 1.807) is 48.5 Å². The van der Waals surface area contributed by atoms with Crippen molar-refractivity contribution >= 4 is 17.3 Å². The number of carbonyl (C=O) groups is 1. The van der Waals surface area contributed by atoms with Crippen LogP contribution in [-0.2, 0) is 4.79 Å². The van der Waals surface area contributed by atoms with E-state index in [4.69, 9.17) is 10.5 Å². The number of rotatable bonds is 4. The molecule has 0 unspecified atom stereocenters. The highest BCUT2D eigenvalue weighted by atomic mass is 16.3. The molecule has 0 saturated heterocycles. The SMILES string of the molecule is Cc1ccc(N/C=C(/C#N)C(=O)Nc2ccccc2C#N)c(O)c1. The second kappa shape index (κ2) is 7.48. The highest BCUT2D eigenvalue weighted by Crippen LogP contribution is 2.24. The number of phenols is 1. The fourth-order valence-electron chi connectivity index (χ4n) is 1.94. The lowest BCUT2D eigenvalue weighted by Gasteiger charge is -2.07. The molecule has 6 heteroatoms. The van der Waals surface area contributed by atoms with E-state index in [1.165, 1.54) is 6.20 Å². The summed E-state index contributed by atoms with van der Waals surface area (Å²) in [6, 6.07) is 15.2. The van der Waals surface area contributed by atoms with Crippen molar-refractivity contribution in [2.45, 2.75) is 6.92 Å². The number of nitrogens with one attached hydrogen (secondary N) is 2. The number of amides is 1. The van der Waals surface area contributed by atoms with Gasteiger partial charge in [-0.2, -0.15) is 10.5 Å². The zero-order chi connectivity index (χ0) is 17.5. The molecule has 0 heterocycles. The molecule has 6 nitrogen and oxygen atoms in total. The van der Waals surface area contributed by atoms with Crippen LogP contribution in [0.2, 0.25) is 0 Å². The quantitative estimate of drug-likeness (QED) is 0.456. The highest BCUT2D eigenvalue weighted by molar-refractivity contribution is 6.07. The summed E-state index contributed by atoms with van der Waals surface area (Å²) in [6.45, 7) is 1.83. The highest BCUT2D eigenvalue weighted by Gasteiger charge is 2.11. The molecule has 0 fully saturated rings. The molecular formula is C18H14N4O2. The van der Waals surface area contributed by atoms with Crippen LogP contribution >= 0.6 is 0 Å². The maximum Gasteiger partial charge on any atom is 0.267 e. The van der Waals surface area contributed by atoms with Gasteiger partial charge in [-0.1, -0.05) is 18.2 Å². The van der Waals surface area contributed by atoms with Crippen LogP contribution in [0.1, 0.15) is 11.1 Å². The molecule has 0 bridgehead atoms. The van der Waals surface area contributed by atoms with Gasteiger partial charge < -0.3 is 15.7 Å². The third-order valence-electron chi connectivity index (χ3n) is 3.19. The Labute approximate surface area is 139 Å². The summed E-state index contributed by atoms with van der Waals surface area (Å²) in [6.07, 6.45) is 1.20. The van der Waals surface area contributed by atoms with E-state index in [-0.39, 0.29) is 11.3 Å². The number of anilines is 2. The lowest BCUT2D eigenvalue weighted by molar-refractivity contribution is -0.112. The first-order chi connectivity index (χ1) is 11.5. The van der Waals surface area contributed by atoms with Crippen LogP contribution in [0.3, 0.4) is 0 Å². The van der Waals surface area contributed by atoms with Gasteiger partial charge >= 0.3 is 0 Å². The van der Waals surface area contributed by atoms with E-state index in [9.17, 15) is 9.90 Å². The maximum atomic E-state index is 12.2. The summed E-state index contributed by atoms with van der Waals surface area (Å²) in [5.41, 5.74) is 1.69. The van der Waals surface area contributed by atoms with Crippen molar-refractivity contribution in [2.75, 3.05) is 10.6 Å². The summed E-state index contributed by atoms with van der Waals surface area (Å²) < 4.78 is 0. The number of benzene rings is 2. The molecule has 0 aliphatic carbocycles. The summed E-state index contributed by atoms with van der Waals surface area (Å²) in [5, 5.41) is 33.2. The van der Waals surface area contributed by atoms with Crippen molar-refractivity contribution in [1.82, 2.24) is 0 Å². The molecule has 0 spiro atoms. The third kappa shape index (κ3) is 3.90. The van der Waals surface area contributed by atoms with E-state index in [0.717, 1.165) is 5.56 Å². The minimum Gasteiger partial charge on any atom is -0.506 e. The summed E-state index contributed by atoms with van der Waals surface area (Å²) >= 11 is 0. The minimum atomic E-state index is -0.653. The van der Waals surface area contributed by atoms with E-state index in [2.05, 4.69) is 10.6 Å². The first-order valence-corrected chi connectivity index (χ1v) is 7.02. The summed E-state index contributed by atoms with van der Waals surface area (Å²) in [4.78, 5) is 12.2. The number of hydrogen-bond donors (Lipinski definition) is 3. The molecule has 2 aromatic carbocycles. The normalized spacial score (nSPS) is 10.4. The second-order valence-corrected chi connectivity index (χ2v) is 4.95. The second-order valence-electron chi connectivity index (χ2n) is 4.95. The van der Waals surface area contributed by atoms with Gasteiger partial charge in [0.2, 0.25) is 0 Å². The van der Waals surface area contributed by atoms with Crippen LogP contribution in [0.25, 0.3) is 0 Å². The van der Waals surface area contributed by atoms with Gasteiger partial charge in [0, 0.05) is 6.20 Å². The standard InChI is InChI=1S/C18H14N4O2/c1-12-6-7-16(17(23)8-12)21-11-14(10-20)18(24)22-15-5-3-2-4-13(15)9-19/h2-8,11,21,23H,1H3,(H,22,24)/b14-11-. The Hall–Kier alpha value is -3.77. The van der Waals surface area contributed by atoms with Crippen LogP contribution in [0, 0.1) is 29.6 Å². The van der Waals surface area contributed by atoms with Gasteiger partial charge in [0.25, 0.3) is 5.91 Å². The monoisotopic (exact) mass is 318 g/mol. The van der Waals surface area contributed by atoms with Crippen molar-refractivity contribution in [3.05, 3.63) is 65.4 Å². The van der Waals surface area contributed by atoms with Crippen LogP contribution < -0.4 is 10.6 Å². The molecule has 24 heavy (non-hydrogen) atoms. The molecule has 0 aromatic heterocycles. The Morgan fingerprint density at radius 2 is 1.92 bits per heavy atom. The van der Waals surface area contributed by atoms with Gasteiger partial charge in [-0.05, 0) is 36.8 Å². The van der Waals surface area contributed by atoms with Crippen molar-refractivity contribution in [2.24, 2.45) is 0 Å². The summed E-state index contributed by atoms with van der Waals surface area (Å²) in [5.74, 6) is -0.641. The molecule has 2 aromatic rings. The number of carbonyl (C=O) groups excluding carboxylic acids is 1. The first-order valence-electron chi connectivity index (χ1n) is 7.02. The molecule has 0 radical (unpaired) electrons. The lowest BCUT2D eigenvalue weighted by atomic mass is 10.2. The lowest BCUT2D eigenvalue weighted by Crippen LogP contribution is -2.15. The van der Waals surface area contributed by atoms with Crippen molar-refractivity contribution in [3.8, 4) is 17.9 Å². The predicted molar refractivity (Wildman–Crippen MR) is 89.9 cm³/mol. The van der Waals surface area contributed by atoms with Gasteiger partial charge in [-0.15, -0.1) is 0 Å². The summed E-state index contributed by atoms with van der Waals surface area (Å²) in [7, 11) is 0. The Balaban J connectivity index is 2.17. The molecule has 0 saturated carbocycles. The van der Waals surface area contributed by atoms with E-state index >= 15 is 0 Å². The molecular weight excluding hydrogens is 304 g/mol. The van der Waals surface area contributed by atoms with Crippen molar-refractivity contribution in [3.63, 3.8) is 0 Å². The average molecular weight is 318 g/mol. The smallest absolute Gasteiger partial charge is 0.267 e. The molecule has 0 atom stereocenters. The first kappa shape index (κ1) is 16.6. The van der Waals surface area contributed by atoms with Gasteiger partial charge in [0.05, 0.1) is 16.9 Å². The van der Waals surface area contributed by atoms with E-state index < -0.39 is 5.91 Å². The molecule has 118 valence electrons. The third-order valence-corrected chi connectivity index (χ3v) is 3.19. The van der Waals surface area contributed by atoms with Crippen LogP contribution in [0.4, 0.5) is 11.4 Å². The zero-order valence-corrected chi connectivity index (χ0v) is 12.9. The number of nitrogens with zero attached hydrogens (tertiary/aromatic N) is 2. The van der Waals surface area contributed by atoms with Crippen molar-refractivity contribution in [1.29, 1.82) is 10.5 Å². The molecule has 1 amide bonds. The van der Waals surface area contributed by atoms with Gasteiger partial charge in [-0.25, -0.2) is 0 Å². The topological polar surface area (TPSA) is 109 Å². The maximum absolute atomic E-state index is 12.2. The Bertz CT molecular complexity index is 889. The number of nitriles is 2. The number of aryl methyl sites for hydroxylation is 1. The molecule has 0 aliphatic heterocycles. The van der Waals surface area contributed by atoms with Gasteiger partial charge in [0.1, 0.15) is 23.5 Å². The zero-order valence-electron chi connectivity index (χ0n) is 12.9. The Morgan fingerprint density at radius 3 is 2.58 bits per heavy atom.